The van der Waals surface area contributed by atoms with Gasteiger partial charge in [0.15, 0.2) is 0 Å². The zero-order chi connectivity index (χ0) is 13.8. The predicted molar refractivity (Wildman–Crippen MR) is 82.9 cm³/mol. The van der Waals surface area contributed by atoms with Crippen molar-refractivity contribution < 1.29 is 4.79 Å². The number of anilines is 1. The van der Waals surface area contributed by atoms with Crippen molar-refractivity contribution in [2.45, 2.75) is 52.1 Å². The minimum Gasteiger partial charge on any atom is -0.327 e. The minimum atomic E-state index is 0. The highest BCUT2D eigenvalue weighted by Crippen LogP contribution is 2.27. The summed E-state index contributed by atoms with van der Waals surface area (Å²) in [7, 11) is 0. The SMILES string of the molecule is CC(C)Cn1nccc1NC(=O)C[C@@H]1CCC[C@H]1N.Cl. The second-order valence-electron chi connectivity index (χ2n) is 5.90. The quantitative estimate of drug-likeness (QED) is 0.877. The maximum Gasteiger partial charge on any atom is 0.225 e. The monoisotopic (exact) mass is 300 g/mol. The predicted octanol–water partition coefficient (Wildman–Crippen LogP) is 2.42. The number of nitrogens with zero attached hydrogens (tertiary/aromatic N) is 2. The van der Waals surface area contributed by atoms with Crippen molar-refractivity contribution in [3.8, 4) is 0 Å². The Bertz CT molecular complexity index is 433. The van der Waals surface area contributed by atoms with Gasteiger partial charge >= 0.3 is 0 Å². The normalized spacial score (nSPS) is 21.8. The molecule has 20 heavy (non-hydrogen) atoms. The molecule has 0 bridgehead atoms. The minimum absolute atomic E-state index is 0. The summed E-state index contributed by atoms with van der Waals surface area (Å²) in [5.41, 5.74) is 6.00. The first-order valence-corrected chi connectivity index (χ1v) is 7.13. The van der Waals surface area contributed by atoms with Crippen LogP contribution in [-0.4, -0.2) is 21.7 Å². The lowest BCUT2D eigenvalue weighted by Crippen LogP contribution is -2.28. The highest BCUT2D eigenvalue weighted by Gasteiger charge is 2.26. The smallest absolute Gasteiger partial charge is 0.225 e. The molecule has 1 fully saturated rings. The molecule has 1 aliphatic rings. The molecule has 1 amide bonds. The van der Waals surface area contributed by atoms with E-state index >= 15 is 0 Å². The van der Waals surface area contributed by atoms with Gasteiger partial charge in [-0.3, -0.25) is 4.79 Å². The van der Waals surface area contributed by atoms with Crippen molar-refractivity contribution in [3.63, 3.8) is 0 Å². The third kappa shape index (κ3) is 4.49. The maximum atomic E-state index is 12.0. The summed E-state index contributed by atoms with van der Waals surface area (Å²) < 4.78 is 1.84. The standard InChI is InChI=1S/C14H24N4O.ClH/c1-10(2)9-18-13(6-7-16-18)17-14(19)8-11-4-3-5-12(11)15;/h6-7,10-12H,3-5,8-9,15H2,1-2H3,(H,17,19);1H/t11-,12+;/m0./s1. The number of halogens is 1. The molecule has 0 spiro atoms. The summed E-state index contributed by atoms with van der Waals surface area (Å²) in [4.78, 5) is 12.0. The van der Waals surface area contributed by atoms with Gasteiger partial charge in [0.05, 0.1) is 6.20 Å². The summed E-state index contributed by atoms with van der Waals surface area (Å²) in [5, 5.41) is 7.18. The number of carbonyl (C=O) groups excluding carboxylic acids is 1. The number of nitrogens with one attached hydrogen (secondary N) is 1. The Morgan fingerprint density at radius 3 is 2.90 bits per heavy atom. The average Bonchev–Trinajstić information content (AvgIpc) is 2.90. The van der Waals surface area contributed by atoms with Crippen LogP contribution in [0.5, 0.6) is 0 Å². The van der Waals surface area contributed by atoms with Gasteiger partial charge in [-0.2, -0.15) is 5.10 Å². The fraction of sp³-hybridized carbons (Fsp3) is 0.714. The van der Waals surface area contributed by atoms with Crippen LogP contribution in [-0.2, 0) is 11.3 Å². The molecule has 5 nitrogen and oxygen atoms in total. The average molecular weight is 301 g/mol. The van der Waals surface area contributed by atoms with E-state index < -0.39 is 0 Å². The lowest BCUT2D eigenvalue weighted by Gasteiger charge is -2.15. The van der Waals surface area contributed by atoms with Crippen molar-refractivity contribution in [2.75, 3.05) is 5.32 Å². The highest BCUT2D eigenvalue weighted by atomic mass is 35.5. The van der Waals surface area contributed by atoms with E-state index in [-0.39, 0.29) is 24.4 Å². The van der Waals surface area contributed by atoms with E-state index in [1.807, 2.05) is 10.7 Å². The molecule has 2 atom stereocenters. The van der Waals surface area contributed by atoms with Crippen LogP contribution in [0, 0.1) is 11.8 Å². The molecule has 1 saturated carbocycles. The fourth-order valence-corrected chi connectivity index (χ4v) is 2.68. The first kappa shape index (κ1) is 17.0. The summed E-state index contributed by atoms with van der Waals surface area (Å²) >= 11 is 0. The van der Waals surface area contributed by atoms with Gasteiger partial charge < -0.3 is 11.1 Å². The number of nitrogens with two attached hydrogens (primary N) is 1. The first-order valence-electron chi connectivity index (χ1n) is 7.13. The van der Waals surface area contributed by atoms with Crippen LogP contribution in [0.15, 0.2) is 12.3 Å². The molecule has 2 rings (SSSR count). The van der Waals surface area contributed by atoms with Crippen LogP contribution >= 0.6 is 12.4 Å². The number of carbonyl (C=O) groups is 1. The largest absolute Gasteiger partial charge is 0.327 e. The Morgan fingerprint density at radius 2 is 2.30 bits per heavy atom. The molecule has 3 N–H and O–H groups in total. The summed E-state index contributed by atoms with van der Waals surface area (Å²) in [5.74, 6) is 1.67. The van der Waals surface area contributed by atoms with E-state index in [1.54, 1.807) is 6.20 Å². The topological polar surface area (TPSA) is 72.9 Å². The van der Waals surface area contributed by atoms with Gasteiger partial charge in [-0.25, -0.2) is 4.68 Å². The van der Waals surface area contributed by atoms with Crippen LogP contribution in [0.4, 0.5) is 5.82 Å². The van der Waals surface area contributed by atoms with Crippen LogP contribution < -0.4 is 11.1 Å². The molecule has 0 radical (unpaired) electrons. The molecule has 0 saturated heterocycles. The molecule has 0 unspecified atom stereocenters. The lowest BCUT2D eigenvalue weighted by atomic mass is 10.00. The van der Waals surface area contributed by atoms with Crippen molar-refractivity contribution in [1.82, 2.24) is 9.78 Å². The number of rotatable bonds is 5. The number of hydrogen-bond acceptors (Lipinski definition) is 3. The fourth-order valence-electron chi connectivity index (χ4n) is 2.68. The van der Waals surface area contributed by atoms with Gasteiger partial charge in [-0.15, -0.1) is 12.4 Å². The zero-order valence-corrected chi connectivity index (χ0v) is 13.0. The Morgan fingerprint density at radius 1 is 1.55 bits per heavy atom. The van der Waals surface area contributed by atoms with E-state index in [0.717, 1.165) is 31.6 Å². The lowest BCUT2D eigenvalue weighted by molar-refractivity contribution is -0.117. The van der Waals surface area contributed by atoms with E-state index in [2.05, 4.69) is 24.3 Å². The molecule has 0 aromatic carbocycles. The third-order valence-electron chi connectivity index (χ3n) is 3.69. The number of aromatic nitrogens is 2. The Balaban J connectivity index is 0.00000200. The Hall–Kier alpha value is -1.07. The van der Waals surface area contributed by atoms with E-state index in [4.69, 9.17) is 5.73 Å². The van der Waals surface area contributed by atoms with Crippen LogP contribution in [0.1, 0.15) is 39.5 Å². The molecule has 1 aromatic heterocycles. The van der Waals surface area contributed by atoms with E-state index in [1.165, 1.54) is 0 Å². The van der Waals surface area contributed by atoms with Crippen LogP contribution in [0.2, 0.25) is 0 Å². The maximum absolute atomic E-state index is 12.0. The first-order chi connectivity index (χ1) is 9.06. The zero-order valence-electron chi connectivity index (χ0n) is 12.2. The summed E-state index contributed by atoms with van der Waals surface area (Å²) in [6, 6.07) is 2.03. The van der Waals surface area contributed by atoms with Crippen molar-refractivity contribution in [2.24, 2.45) is 17.6 Å². The summed E-state index contributed by atoms with van der Waals surface area (Å²) in [6.45, 7) is 5.07. The van der Waals surface area contributed by atoms with Gasteiger partial charge in [0.2, 0.25) is 5.91 Å². The van der Waals surface area contributed by atoms with Crippen molar-refractivity contribution in [3.05, 3.63) is 12.3 Å². The van der Waals surface area contributed by atoms with Crippen molar-refractivity contribution >= 4 is 24.1 Å². The molecule has 1 heterocycles. The molecule has 114 valence electrons. The second-order valence-corrected chi connectivity index (χ2v) is 5.90. The third-order valence-corrected chi connectivity index (χ3v) is 3.69. The van der Waals surface area contributed by atoms with E-state index in [0.29, 0.717) is 18.3 Å². The highest BCUT2D eigenvalue weighted by molar-refractivity contribution is 5.90. The van der Waals surface area contributed by atoms with Gasteiger partial charge in [0.25, 0.3) is 0 Å². The molecule has 1 aliphatic carbocycles. The van der Waals surface area contributed by atoms with Crippen LogP contribution in [0.3, 0.4) is 0 Å². The van der Waals surface area contributed by atoms with Gasteiger partial charge in [-0.1, -0.05) is 20.3 Å². The number of hydrogen-bond donors (Lipinski definition) is 2. The Kier molecular flexibility index (Phi) is 6.49. The van der Waals surface area contributed by atoms with E-state index in [9.17, 15) is 4.79 Å². The van der Waals surface area contributed by atoms with Gasteiger partial charge in [0, 0.05) is 25.1 Å². The number of amides is 1. The molecule has 1 aromatic rings. The Labute approximate surface area is 126 Å². The summed E-state index contributed by atoms with van der Waals surface area (Å²) in [6.07, 6.45) is 5.50. The molecule has 6 heteroatoms. The van der Waals surface area contributed by atoms with Gasteiger partial charge in [-0.05, 0) is 24.7 Å². The van der Waals surface area contributed by atoms with Crippen molar-refractivity contribution in [1.29, 1.82) is 0 Å². The molecule has 0 aliphatic heterocycles. The molecular weight excluding hydrogens is 276 g/mol. The van der Waals surface area contributed by atoms with Gasteiger partial charge in [0.1, 0.15) is 5.82 Å². The van der Waals surface area contributed by atoms with Crippen LogP contribution in [0.25, 0.3) is 0 Å². The second kappa shape index (κ2) is 7.64. The molecular formula is C14H25ClN4O.